The summed E-state index contributed by atoms with van der Waals surface area (Å²) in [5, 5.41) is 9.52. The molecule has 10 nitrogen and oxygen atoms in total. The first-order chi connectivity index (χ1) is 18.9. The smallest absolute Gasteiger partial charge is 0.247 e. The molecule has 2 aromatic carbocycles. The van der Waals surface area contributed by atoms with Gasteiger partial charge in [-0.3, -0.25) is 19.4 Å². The largest absolute Gasteiger partial charge is 0.343 e. The first-order valence-corrected chi connectivity index (χ1v) is 13.6. The van der Waals surface area contributed by atoms with E-state index in [0.717, 1.165) is 26.6 Å². The molecular weight excluding hydrogens is 514 g/mol. The van der Waals surface area contributed by atoms with Gasteiger partial charge in [0.1, 0.15) is 6.04 Å². The summed E-state index contributed by atoms with van der Waals surface area (Å²) < 4.78 is 1.08. The summed E-state index contributed by atoms with van der Waals surface area (Å²) in [4.78, 5) is 45.1. The number of para-hydroxylation sites is 1. The van der Waals surface area contributed by atoms with Crippen LogP contribution in [0.5, 0.6) is 0 Å². The van der Waals surface area contributed by atoms with E-state index in [1.54, 1.807) is 17.5 Å². The lowest BCUT2D eigenvalue weighted by atomic mass is 10.0. The van der Waals surface area contributed by atoms with E-state index in [2.05, 4.69) is 15.6 Å². The summed E-state index contributed by atoms with van der Waals surface area (Å²) in [6, 6.07) is 15.2. The third-order valence-electron chi connectivity index (χ3n) is 6.36. The number of nitrogens with one attached hydrogen (secondary N) is 2. The fourth-order valence-corrected chi connectivity index (χ4v) is 5.33. The number of nitrogens with two attached hydrogens (primary N) is 3. The fraction of sp³-hybridized carbons (Fsp3) is 0.286. The zero-order valence-electron chi connectivity index (χ0n) is 21.5. The lowest BCUT2D eigenvalue weighted by Gasteiger charge is -2.24. The number of benzene rings is 2. The molecule has 4 aromatic rings. The zero-order valence-corrected chi connectivity index (χ0v) is 22.3. The second kappa shape index (κ2) is 13.3. The zero-order chi connectivity index (χ0) is 27.8. The molecule has 0 unspecified atom stereocenters. The maximum Gasteiger partial charge on any atom is 0.247 e. The second-order valence-electron chi connectivity index (χ2n) is 9.20. The Kier molecular flexibility index (Phi) is 9.55. The molecule has 2 atom stereocenters. The SMILES string of the molecule is NCCN(CCN)C(=O)C[C@H](N)C(=O)N[C@@H](Cc1csc2ccccc12)C(=O)Nc1cnc2ccccc2c1. The van der Waals surface area contributed by atoms with Crippen LogP contribution in [0.15, 0.2) is 66.2 Å². The van der Waals surface area contributed by atoms with E-state index in [4.69, 9.17) is 17.2 Å². The fourth-order valence-electron chi connectivity index (χ4n) is 4.35. The van der Waals surface area contributed by atoms with Crippen molar-refractivity contribution < 1.29 is 14.4 Å². The highest BCUT2D eigenvalue weighted by atomic mass is 32.1. The van der Waals surface area contributed by atoms with Crippen LogP contribution >= 0.6 is 11.3 Å². The van der Waals surface area contributed by atoms with Crippen LogP contribution in [0.3, 0.4) is 0 Å². The van der Waals surface area contributed by atoms with Gasteiger partial charge in [-0.05, 0) is 34.5 Å². The average Bonchev–Trinajstić information content (AvgIpc) is 3.35. The van der Waals surface area contributed by atoms with Crippen molar-refractivity contribution >= 4 is 55.7 Å². The number of pyridine rings is 1. The molecule has 11 heteroatoms. The van der Waals surface area contributed by atoms with Gasteiger partial charge in [-0.25, -0.2) is 0 Å². The number of carbonyl (C=O) groups excluding carboxylic acids is 3. The lowest BCUT2D eigenvalue weighted by molar-refractivity contribution is -0.134. The Balaban J connectivity index is 1.52. The minimum absolute atomic E-state index is 0.226. The molecule has 0 bridgehead atoms. The van der Waals surface area contributed by atoms with Gasteiger partial charge in [0.25, 0.3) is 0 Å². The van der Waals surface area contributed by atoms with E-state index in [1.165, 1.54) is 4.90 Å². The Morgan fingerprint density at radius 3 is 2.46 bits per heavy atom. The summed E-state index contributed by atoms with van der Waals surface area (Å²) in [6.07, 6.45) is 1.60. The summed E-state index contributed by atoms with van der Waals surface area (Å²) >= 11 is 1.57. The normalized spacial score (nSPS) is 12.7. The molecule has 2 heterocycles. The van der Waals surface area contributed by atoms with Crippen LogP contribution in [0, 0.1) is 0 Å². The van der Waals surface area contributed by atoms with E-state index in [1.807, 2.05) is 60.0 Å². The molecule has 0 saturated heterocycles. The maximum atomic E-state index is 13.5. The van der Waals surface area contributed by atoms with Crippen molar-refractivity contribution in [1.29, 1.82) is 0 Å². The van der Waals surface area contributed by atoms with Crippen LogP contribution in [0.4, 0.5) is 5.69 Å². The Hall–Kier alpha value is -3.90. The van der Waals surface area contributed by atoms with Crippen LogP contribution in [-0.4, -0.2) is 65.9 Å². The number of carbonyl (C=O) groups is 3. The van der Waals surface area contributed by atoms with Gasteiger partial charge in [-0.2, -0.15) is 0 Å². The molecule has 0 aliphatic heterocycles. The first-order valence-electron chi connectivity index (χ1n) is 12.7. The number of hydrogen-bond acceptors (Lipinski definition) is 8. The van der Waals surface area contributed by atoms with Gasteiger partial charge in [0.2, 0.25) is 17.7 Å². The van der Waals surface area contributed by atoms with Gasteiger partial charge in [0, 0.05) is 42.7 Å². The molecule has 8 N–H and O–H groups in total. The number of rotatable bonds is 12. The van der Waals surface area contributed by atoms with Gasteiger partial charge >= 0.3 is 0 Å². The van der Waals surface area contributed by atoms with Gasteiger partial charge < -0.3 is 32.7 Å². The highest BCUT2D eigenvalue weighted by Gasteiger charge is 2.27. The Morgan fingerprint density at radius 2 is 1.69 bits per heavy atom. The molecule has 39 heavy (non-hydrogen) atoms. The maximum absolute atomic E-state index is 13.5. The topological polar surface area (TPSA) is 169 Å². The molecule has 0 spiro atoms. The van der Waals surface area contributed by atoms with Crippen LogP contribution in [-0.2, 0) is 20.8 Å². The van der Waals surface area contributed by atoms with Crippen molar-refractivity contribution in [2.75, 3.05) is 31.5 Å². The number of amides is 3. The standard InChI is InChI=1S/C28H33N7O3S/c29-9-11-35(12-10-30)26(36)15-22(31)27(37)34-24(14-19-17-39-25-8-4-2-6-21(19)25)28(38)33-20-13-18-5-1-3-7-23(18)32-16-20/h1-8,13,16-17,22,24H,9-12,14-15,29-31H2,(H,33,38)(H,34,37)/t22-,24-/m0/s1. The molecule has 0 radical (unpaired) electrons. The quantitative estimate of drug-likeness (QED) is 0.179. The van der Waals surface area contributed by atoms with Crippen molar-refractivity contribution in [3.05, 3.63) is 71.7 Å². The van der Waals surface area contributed by atoms with Crippen LogP contribution in [0.1, 0.15) is 12.0 Å². The van der Waals surface area contributed by atoms with E-state index in [9.17, 15) is 14.4 Å². The highest BCUT2D eigenvalue weighted by Crippen LogP contribution is 2.27. The number of hydrogen-bond donors (Lipinski definition) is 5. The Bertz CT molecular complexity index is 1450. The molecular formula is C28H33N7O3S. The summed E-state index contributed by atoms with van der Waals surface area (Å²) in [7, 11) is 0. The van der Waals surface area contributed by atoms with Crippen LogP contribution in [0.2, 0.25) is 0 Å². The second-order valence-corrected chi connectivity index (χ2v) is 10.1. The minimum atomic E-state index is -1.15. The predicted octanol–water partition coefficient (Wildman–Crippen LogP) is 1.58. The van der Waals surface area contributed by atoms with E-state index >= 15 is 0 Å². The molecule has 3 amide bonds. The molecule has 2 aromatic heterocycles. The number of anilines is 1. The van der Waals surface area contributed by atoms with Gasteiger partial charge in [-0.15, -0.1) is 11.3 Å². The van der Waals surface area contributed by atoms with Gasteiger partial charge in [-0.1, -0.05) is 36.4 Å². The molecule has 204 valence electrons. The lowest BCUT2D eigenvalue weighted by Crippen LogP contribution is -2.52. The molecule has 4 rings (SSSR count). The highest BCUT2D eigenvalue weighted by molar-refractivity contribution is 7.17. The van der Waals surface area contributed by atoms with Crippen molar-refractivity contribution in [2.24, 2.45) is 17.2 Å². The molecule has 0 aliphatic rings. The minimum Gasteiger partial charge on any atom is -0.343 e. The number of fused-ring (bicyclic) bond motifs is 2. The average molecular weight is 548 g/mol. The summed E-state index contributed by atoms with van der Waals surface area (Å²) in [5.41, 5.74) is 19.5. The Labute approximate surface area is 230 Å². The van der Waals surface area contributed by atoms with E-state index < -0.39 is 23.9 Å². The van der Waals surface area contributed by atoms with Crippen LogP contribution in [0.25, 0.3) is 21.0 Å². The molecule has 0 aliphatic carbocycles. The third kappa shape index (κ3) is 7.15. The van der Waals surface area contributed by atoms with E-state index in [-0.39, 0.29) is 31.8 Å². The monoisotopic (exact) mass is 547 g/mol. The number of thiophene rings is 1. The number of aromatic nitrogens is 1. The Morgan fingerprint density at radius 1 is 0.974 bits per heavy atom. The van der Waals surface area contributed by atoms with Gasteiger partial charge in [0.15, 0.2) is 0 Å². The van der Waals surface area contributed by atoms with Crippen molar-refractivity contribution in [2.45, 2.75) is 24.9 Å². The summed E-state index contributed by atoms with van der Waals surface area (Å²) in [5.74, 6) is -1.33. The van der Waals surface area contributed by atoms with Gasteiger partial charge in [0.05, 0.1) is 29.9 Å². The first kappa shape index (κ1) is 28.1. The van der Waals surface area contributed by atoms with Crippen molar-refractivity contribution in [3.63, 3.8) is 0 Å². The van der Waals surface area contributed by atoms with Crippen molar-refractivity contribution in [3.8, 4) is 0 Å². The molecule has 0 fully saturated rings. The number of nitrogens with zero attached hydrogens (tertiary/aromatic N) is 2. The predicted molar refractivity (Wildman–Crippen MR) is 155 cm³/mol. The molecule has 0 saturated carbocycles. The summed E-state index contributed by atoms with van der Waals surface area (Å²) in [6.45, 7) is 1.18. The van der Waals surface area contributed by atoms with Crippen molar-refractivity contribution in [1.82, 2.24) is 15.2 Å². The van der Waals surface area contributed by atoms with E-state index in [0.29, 0.717) is 18.8 Å². The third-order valence-corrected chi connectivity index (χ3v) is 7.37. The van der Waals surface area contributed by atoms with Crippen LogP contribution < -0.4 is 27.8 Å².